The summed E-state index contributed by atoms with van der Waals surface area (Å²) in [5, 5.41) is 21.2. The minimum atomic E-state index is -4.03. The minimum absolute atomic E-state index is 0.0907. The van der Waals surface area contributed by atoms with E-state index in [0.29, 0.717) is 5.69 Å². The Kier molecular flexibility index (Phi) is 6.03. The number of sulfonamides is 1. The molecule has 3 aromatic carbocycles. The fourth-order valence-corrected chi connectivity index (χ4v) is 5.63. The van der Waals surface area contributed by atoms with Gasteiger partial charge in [0.15, 0.2) is 0 Å². The molecular formula is C26H23N5O4S. The summed E-state index contributed by atoms with van der Waals surface area (Å²) >= 11 is 0. The van der Waals surface area contributed by atoms with Crippen LogP contribution in [0.2, 0.25) is 0 Å². The number of pyridine rings is 1. The second kappa shape index (κ2) is 9.31. The maximum Gasteiger partial charge on any atom is 0.404 e. The second-order valence-electron chi connectivity index (χ2n) is 8.33. The molecule has 0 radical (unpaired) electrons. The predicted molar refractivity (Wildman–Crippen MR) is 139 cm³/mol. The normalized spacial score (nSPS) is 11.6. The monoisotopic (exact) mass is 501 g/mol. The van der Waals surface area contributed by atoms with E-state index in [4.69, 9.17) is 5.11 Å². The van der Waals surface area contributed by atoms with E-state index in [-0.39, 0.29) is 18.0 Å². The molecule has 36 heavy (non-hydrogen) atoms. The lowest BCUT2D eigenvalue weighted by Crippen LogP contribution is -2.38. The van der Waals surface area contributed by atoms with Gasteiger partial charge < -0.3 is 10.4 Å². The Balaban J connectivity index is 1.57. The van der Waals surface area contributed by atoms with Crippen molar-refractivity contribution in [1.29, 1.82) is 0 Å². The number of amides is 1. The Hall–Kier alpha value is -4.44. The maximum absolute atomic E-state index is 13.8. The van der Waals surface area contributed by atoms with Gasteiger partial charge in [-0.3, -0.25) is 14.4 Å². The van der Waals surface area contributed by atoms with Crippen molar-refractivity contribution in [1.82, 2.24) is 20.5 Å². The van der Waals surface area contributed by atoms with Gasteiger partial charge in [0.25, 0.3) is 10.0 Å². The Morgan fingerprint density at radius 3 is 2.61 bits per heavy atom. The molecule has 1 amide bonds. The van der Waals surface area contributed by atoms with E-state index < -0.39 is 16.1 Å². The van der Waals surface area contributed by atoms with Gasteiger partial charge >= 0.3 is 6.09 Å². The van der Waals surface area contributed by atoms with E-state index in [2.05, 4.69) is 20.5 Å². The molecule has 182 valence electrons. The SMILES string of the molecule is Cc1[nH]nc2ccc(-c3cncc(N(CCNC(=O)O)S(=O)(=O)c4ccc5ccccc5c4)c3)cc12. The van der Waals surface area contributed by atoms with Crippen LogP contribution in [0.5, 0.6) is 0 Å². The molecule has 0 atom stereocenters. The van der Waals surface area contributed by atoms with Crippen LogP contribution in [0.1, 0.15) is 5.69 Å². The number of carboxylic acid groups (broad SMARTS) is 1. The van der Waals surface area contributed by atoms with Gasteiger partial charge in [0.1, 0.15) is 0 Å². The van der Waals surface area contributed by atoms with Crippen molar-refractivity contribution in [2.75, 3.05) is 17.4 Å². The quantitative estimate of drug-likeness (QED) is 0.300. The smallest absolute Gasteiger partial charge is 0.404 e. The highest BCUT2D eigenvalue weighted by Crippen LogP contribution is 2.30. The average Bonchev–Trinajstić information content (AvgIpc) is 3.26. The zero-order chi connectivity index (χ0) is 25.3. The summed E-state index contributed by atoms with van der Waals surface area (Å²) in [6.45, 7) is 1.74. The van der Waals surface area contributed by atoms with Gasteiger partial charge in [-0.15, -0.1) is 0 Å². The number of aromatic nitrogens is 3. The number of H-pyrrole nitrogens is 1. The summed E-state index contributed by atoms with van der Waals surface area (Å²) in [6.07, 6.45) is 1.90. The number of aryl methyl sites for hydroxylation is 1. The number of fused-ring (bicyclic) bond motifs is 2. The third-order valence-electron chi connectivity index (χ3n) is 5.99. The number of nitrogens with one attached hydrogen (secondary N) is 2. The summed E-state index contributed by atoms with van der Waals surface area (Å²) in [5.74, 6) is 0. The second-order valence-corrected chi connectivity index (χ2v) is 10.2. The highest BCUT2D eigenvalue weighted by atomic mass is 32.2. The summed E-state index contributed by atoms with van der Waals surface area (Å²) in [6, 6.07) is 19.9. The molecule has 0 saturated carbocycles. The number of rotatable bonds is 7. The first-order valence-corrected chi connectivity index (χ1v) is 12.7. The Morgan fingerprint density at radius 1 is 1.00 bits per heavy atom. The molecule has 0 aliphatic rings. The van der Waals surface area contributed by atoms with Crippen LogP contribution < -0.4 is 9.62 Å². The van der Waals surface area contributed by atoms with Crippen LogP contribution in [0.4, 0.5) is 10.5 Å². The molecule has 2 heterocycles. The van der Waals surface area contributed by atoms with Crippen molar-refractivity contribution in [2.45, 2.75) is 11.8 Å². The van der Waals surface area contributed by atoms with Gasteiger partial charge in [-0.1, -0.05) is 36.4 Å². The molecule has 5 aromatic rings. The van der Waals surface area contributed by atoms with Crippen LogP contribution in [0.15, 0.2) is 84.0 Å². The fourth-order valence-electron chi connectivity index (χ4n) is 4.15. The number of anilines is 1. The summed E-state index contributed by atoms with van der Waals surface area (Å²) < 4.78 is 28.8. The Labute approximate surface area is 207 Å². The highest BCUT2D eigenvalue weighted by molar-refractivity contribution is 7.92. The molecule has 2 aromatic heterocycles. The first-order valence-electron chi connectivity index (χ1n) is 11.2. The highest BCUT2D eigenvalue weighted by Gasteiger charge is 2.26. The van der Waals surface area contributed by atoms with E-state index in [9.17, 15) is 13.2 Å². The average molecular weight is 502 g/mol. The zero-order valence-corrected chi connectivity index (χ0v) is 20.2. The molecule has 0 fully saturated rings. The van der Waals surface area contributed by atoms with Crippen molar-refractivity contribution in [3.05, 3.63) is 84.8 Å². The Bertz CT molecular complexity index is 1700. The van der Waals surface area contributed by atoms with Crippen molar-refractivity contribution in [2.24, 2.45) is 0 Å². The van der Waals surface area contributed by atoms with Gasteiger partial charge in [0, 0.05) is 29.4 Å². The number of carbonyl (C=O) groups is 1. The first kappa shape index (κ1) is 23.3. The molecule has 9 nitrogen and oxygen atoms in total. The van der Waals surface area contributed by atoms with E-state index >= 15 is 0 Å². The summed E-state index contributed by atoms with van der Waals surface area (Å²) in [5.41, 5.74) is 3.67. The first-order chi connectivity index (χ1) is 17.3. The molecule has 0 saturated heterocycles. The van der Waals surface area contributed by atoms with E-state index in [1.165, 1.54) is 10.5 Å². The largest absolute Gasteiger partial charge is 0.465 e. The maximum atomic E-state index is 13.8. The van der Waals surface area contributed by atoms with E-state index in [1.807, 2.05) is 49.4 Å². The molecule has 0 spiro atoms. The third-order valence-corrected chi connectivity index (χ3v) is 7.81. The predicted octanol–water partition coefficient (Wildman–Crippen LogP) is 4.55. The topological polar surface area (TPSA) is 128 Å². The van der Waals surface area contributed by atoms with Gasteiger partial charge in [-0.2, -0.15) is 5.10 Å². The lowest BCUT2D eigenvalue weighted by molar-refractivity contribution is 0.195. The number of hydrogen-bond donors (Lipinski definition) is 3. The molecule has 3 N–H and O–H groups in total. The van der Waals surface area contributed by atoms with E-state index in [0.717, 1.165) is 38.5 Å². The number of benzene rings is 3. The molecule has 10 heteroatoms. The third kappa shape index (κ3) is 4.46. The molecule has 0 unspecified atom stereocenters. The van der Waals surface area contributed by atoms with Crippen LogP contribution in [-0.2, 0) is 10.0 Å². The molecular weight excluding hydrogens is 478 g/mol. The van der Waals surface area contributed by atoms with Crippen LogP contribution in [0.3, 0.4) is 0 Å². The molecule has 0 aliphatic heterocycles. The molecule has 5 rings (SSSR count). The molecule has 0 bridgehead atoms. The van der Waals surface area contributed by atoms with Crippen LogP contribution in [-0.4, -0.2) is 47.9 Å². The number of nitrogens with zero attached hydrogens (tertiary/aromatic N) is 3. The van der Waals surface area contributed by atoms with Crippen molar-refractivity contribution >= 4 is 43.5 Å². The van der Waals surface area contributed by atoms with Crippen molar-refractivity contribution in [3.63, 3.8) is 0 Å². The van der Waals surface area contributed by atoms with Crippen LogP contribution in [0, 0.1) is 6.92 Å². The Morgan fingerprint density at radius 2 is 1.81 bits per heavy atom. The van der Waals surface area contributed by atoms with Gasteiger partial charge in [0.2, 0.25) is 0 Å². The lowest BCUT2D eigenvalue weighted by atomic mass is 10.0. The lowest BCUT2D eigenvalue weighted by Gasteiger charge is -2.25. The van der Waals surface area contributed by atoms with Gasteiger partial charge in [-0.25, -0.2) is 13.2 Å². The minimum Gasteiger partial charge on any atom is -0.465 e. The number of hydrogen-bond acceptors (Lipinski definition) is 5. The van der Waals surface area contributed by atoms with E-state index in [1.54, 1.807) is 30.5 Å². The summed E-state index contributed by atoms with van der Waals surface area (Å²) in [7, 11) is -4.03. The van der Waals surface area contributed by atoms with Gasteiger partial charge in [0.05, 0.1) is 28.8 Å². The van der Waals surface area contributed by atoms with Gasteiger partial charge in [-0.05, 0) is 53.6 Å². The summed E-state index contributed by atoms with van der Waals surface area (Å²) in [4.78, 5) is 15.5. The standard InChI is InChI=1S/C26H23N5O4S/c1-17-24-14-20(7-9-25(24)30-29-17)21-12-22(16-27-15-21)31(11-10-28-26(32)33)36(34,35)23-8-6-18-4-2-3-5-19(18)13-23/h2-9,12-16,28H,10-11H2,1H3,(H,29,30)(H,32,33). The number of aromatic amines is 1. The van der Waals surface area contributed by atoms with Crippen LogP contribution >= 0.6 is 0 Å². The van der Waals surface area contributed by atoms with Crippen LogP contribution in [0.25, 0.3) is 32.8 Å². The zero-order valence-electron chi connectivity index (χ0n) is 19.3. The molecule has 0 aliphatic carbocycles. The van der Waals surface area contributed by atoms with Crippen molar-refractivity contribution in [3.8, 4) is 11.1 Å². The van der Waals surface area contributed by atoms with Crippen molar-refractivity contribution < 1.29 is 18.3 Å². The fraction of sp³-hybridized carbons (Fsp3) is 0.115.